The molecule has 6 heteroatoms. The number of carbonyl (C=O) groups excluding carboxylic acids is 1. The van der Waals surface area contributed by atoms with E-state index in [-0.39, 0.29) is 12.5 Å². The average Bonchev–Trinajstić information content (AvgIpc) is 2.20. The molecule has 0 aromatic carbocycles. The smallest absolute Gasteiger partial charge is 0.294 e. The fraction of sp³-hybridized carbons (Fsp3) is 0.700. The highest BCUT2D eigenvalue weighted by Crippen LogP contribution is 1.97. The zero-order valence-corrected chi connectivity index (χ0v) is 9.64. The van der Waals surface area contributed by atoms with E-state index in [2.05, 4.69) is 10.2 Å². The second kappa shape index (κ2) is 8.70. The molecule has 92 valence electrons. The molecular weight excluding hydrogens is 212 g/mol. The molecule has 0 radical (unpaired) electrons. The molecule has 1 amide bonds. The van der Waals surface area contributed by atoms with Gasteiger partial charge in [0.25, 0.3) is 5.09 Å². The Morgan fingerprint density at radius 2 is 2.31 bits per heavy atom. The predicted molar refractivity (Wildman–Crippen MR) is 59.2 cm³/mol. The quantitative estimate of drug-likeness (QED) is 0.296. The van der Waals surface area contributed by atoms with Crippen molar-refractivity contribution in [3.63, 3.8) is 0 Å². The summed E-state index contributed by atoms with van der Waals surface area (Å²) >= 11 is 0. The summed E-state index contributed by atoms with van der Waals surface area (Å²) in [6.45, 7) is 3.61. The lowest BCUT2D eigenvalue weighted by molar-refractivity contribution is -0.767. The first-order valence-electron chi connectivity index (χ1n) is 5.25. The molecular formula is C10H18N2O4. The van der Waals surface area contributed by atoms with Crippen LogP contribution in [0, 0.1) is 10.1 Å². The van der Waals surface area contributed by atoms with Crippen LogP contribution in [0.15, 0.2) is 12.2 Å². The van der Waals surface area contributed by atoms with Crippen molar-refractivity contribution in [3.05, 3.63) is 22.3 Å². The zero-order valence-electron chi connectivity index (χ0n) is 9.64. The van der Waals surface area contributed by atoms with Crippen LogP contribution in [-0.4, -0.2) is 23.6 Å². The van der Waals surface area contributed by atoms with Crippen molar-refractivity contribution >= 4 is 5.91 Å². The summed E-state index contributed by atoms with van der Waals surface area (Å²) in [7, 11) is 0. The van der Waals surface area contributed by atoms with Crippen LogP contribution in [0.4, 0.5) is 0 Å². The monoisotopic (exact) mass is 230 g/mol. The van der Waals surface area contributed by atoms with Crippen LogP contribution in [-0.2, 0) is 9.63 Å². The van der Waals surface area contributed by atoms with Crippen molar-refractivity contribution in [2.24, 2.45) is 0 Å². The molecule has 1 unspecified atom stereocenters. The topological polar surface area (TPSA) is 81.5 Å². The minimum Gasteiger partial charge on any atom is -0.354 e. The van der Waals surface area contributed by atoms with Crippen molar-refractivity contribution in [2.45, 2.75) is 39.2 Å². The second-order valence-electron chi connectivity index (χ2n) is 3.40. The Morgan fingerprint density at radius 3 is 2.88 bits per heavy atom. The van der Waals surface area contributed by atoms with Gasteiger partial charge in [0.05, 0.1) is 0 Å². The number of carbonyl (C=O) groups is 1. The summed E-state index contributed by atoms with van der Waals surface area (Å²) < 4.78 is 0. The number of nitrogens with zero attached hydrogens (tertiary/aromatic N) is 1. The number of unbranched alkanes of at least 4 members (excludes halogenated alkanes) is 1. The van der Waals surface area contributed by atoms with E-state index in [1.807, 2.05) is 19.1 Å². The zero-order chi connectivity index (χ0) is 12.4. The molecule has 0 aromatic rings. The van der Waals surface area contributed by atoms with Gasteiger partial charge in [-0.05, 0) is 26.7 Å². The highest BCUT2D eigenvalue weighted by molar-refractivity contribution is 5.75. The van der Waals surface area contributed by atoms with Gasteiger partial charge in [-0.1, -0.05) is 12.2 Å². The van der Waals surface area contributed by atoms with E-state index in [1.54, 1.807) is 0 Å². The predicted octanol–water partition coefficient (Wildman–Crippen LogP) is 1.45. The summed E-state index contributed by atoms with van der Waals surface area (Å²) in [6, 6.07) is 0. The summed E-state index contributed by atoms with van der Waals surface area (Å²) in [5.74, 6) is -0.108. The van der Waals surface area contributed by atoms with Gasteiger partial charge in [-0.15, -0.1) is 10.1 Å². The van der Waals surface area contributed by atoms with E-state index >= 15 is 0 Å². The minimum absolute atomic E-state index is 0.108. The summed E-state index contributed by atoms with van der Waals surface area (Å²) in [4.78, 5) is 25.4. The number of rotatable bonds is 8. The second-order valence-corrected chi connectivity index (χ2v) is 3.40. The van der Waals surface area contributed by atoms with Gasteiger partial charge in [0.1, 0.15) is 6.10 Å². The van der Waals surface area contributed by atoms with Gasteiger partial charge in [0, 0.05) is 13.0 Å². The normalized spacial score (nSPS) is 12.4. The molecule has 0 aliphatic carbocycles. The van der Waals surface area contributed by atoms with Gasteiger partial charge in [-0.25, -0.2) is 0 Å². The van der Waals surface area contributed by atoms with Gasteiger partial charge in [0.15, 0.2) is 0 Å². The molecule has 0 saturated heterocycles. The molecule has 0 fully saturated rings. The number of hydrogen-bond donors (Lipinski definition) is 1. The Kier molecular flexibility index (Phi) is 7.83. The highest BCUT2D eigenvalue weighted by Gasteiger charge is 2.08. The van der Waals surface area contributed by atoms with Gasteiger partial charge in [0.2, 0.25) is 5.91 Å². The molecule has 16 heavy (non-hydrogen) atoms. The van der Waals surface area contributed by atoms with Crippen LogP contribution >= 0.6 is 0 Å². The summed E-state index contributed by atoms with van der Waals surface area (Å²) in [5.41, 5.74) is 0. The van der Waals surface area contributed by atoms with Gasteiger partial charge in [-0.3, -0.25) is 4.79 Å². The van der Waals surface area contributed by atoms with Crippen molar-refractivity contribution in [1.82, 2.24) is 5.32 Å². The number of hydrogen-bond acceptors (Lipinski definition) is 4. The van der Waals surface area contributed by atoms with Crippen LogP contribution in [0.3, 0.4) is 0 Å². The van der Waals surface area contributed by atoms with Crippen molar-refractivity contribution in [1.29, 1.82) is 0 Å². The first-order chi connectivity index (χ1) is 7.56. The standard InChI is InChI=1S/C10H18N2O4/c1-3-4-5-6-7-10(13)11-8-9(2)16-12(14)15/h3-4,9H,5-8H2,1-2H3,(H,11,13)/b4-3-. The van der Waals surface area contributed by atoms with Crippen molar-refractivity contribution < 1.29 is 14.7 Å². The first kappa shape index (κ1) is 14.4. The van der Waals surface area contributed by atoms with Crippen molar-refractivity contribution in [3.8, 4) is 0 Å². The van der Waals surface area contributed by atoms with Crippen LogP contribution in [0.2, 0.25) is 0 Å². The molecule has 0 heterocycles. The van der Waals surface area contributed by atoms with E-state index in [4.69, 9.17) is 0 Å². The molecule has 0 bridgehead atoms. The molecule has 6 nitrogen and oxygen atoms in total. The first-order valence-corrected chi connectivity index (χ1v) is 5.25. The maximum Gasteiger partial charge on any atom is 0.294 e. The van der Waals surface area contributed by atoms with E-state index in [0.717, 1.165) is 12.8 Å². The Labute approximate surface area is 94.8 Å². The lowest BCUT2D eigenvalue weighted by Gasteiger charge is -2.10. The third-order valence-electron chi connectivity index (χ3n) is 1.86. The van der Waals surface area contributed by atoms with Gasteiger partial charge in [-0.2, -0.15) is 0 Å². The van der Waals surface area contributed by atoms with Crippen LogP contribution in [0.1, 0.15) is 33.1 Å². The lowest BCUT2D eigenvalue weighted by Crippen LogP contribution is -2.32. The summed E-state index contributed by atoms with van der Waals surface area (Å²) in [6.07, 6.45) is 5.38. The number of amides is 1. The molecule has 0 rings (SSSR count). The maximum absolute atomic E-state index is 11.2. The largest absolute Gasteiger partial charge is 0.354 e. The molecule has 0 aliphatic heterocycles. The molecule has 0 aliphatic rings. The Morgan fingerprint density at radius 1 is 1.62 bits per heavy atom. The Bertz CT molecular complexity index is 253. The highest BCUT2D eigenvalue weighted by atomic mass is 17.0. The molecule has 0 aromatic heterocycles. The minimum atomic E-state index is -0.858. The van der Waals surface area contributed by atoms with Crippen LogP contribution in [0.5, 0.6) is 0 Å². The third kappa shape index (κ3) is 8.98. The SMILES string of the molecule is C/C=C\CCCC(=O)NCC(C)O[N+](=O)[O-]. The van der Waals surface area contributed by atoms with E-state index in [1.165, 1.54) is 6.92 Å². The van der Waals surface area contributed by atoms with E-state index in [9.17, 15) is 14.9 Å². The molecule has 0 spiro atoms. The molecule has 1 N–H and O–H groups in total. The fourth-order valence-electron chi connectivity index (χ4n) is 1.08. The van der Waals surface area contributed by atoms with Crippen molar-refractivity contribution in [2.75, 3.05) is 6.54 Å². The Balaban J connectivity index is 3.53. The maximum atomic E-state index is 11.2. The Hall–Kier alpha value is -1.59. The molecule has 1 atom stereocenters. The lowest BCUT2D eigenvalue weighted by atomic mass is 10.2. The van der Waals surface area contributed by atoms with Gasteiger partial charge >= 0.3 is 0 Å². The molecule has 0 saturated carbocycles. The van der Waals surface area contributed by atoms with Crippen LogP contribution in [0.25, 0.3) is 0 Å². The van der Waals surface area contributed by atoms with E-state index < -0.39 is 11.2 Å². The number of nitrogens with one attached hydrogen (secondary N) is 1. The fourth-order valence-corrected chi connectivity index (χ4v) is 1.08. The average molecular weight is 230 g/mol. The third-order valence-corrected chi connectivity index (χ3v) is 1.86. The van der Waals surface area contributed by atoms with Gasteiger partial charge < -0.3 is 10.2 Å². The van der Waals surface area contributed by atoms with E-state index in [0.29, 0.717) is 6.42 Å². The van der Waals surface area contributed by atoms with Crippen LogP contribution < -0.4 is 5.32 Å². The summed E-state index contributed by atoms with van der Waals surface area (Å²) in [5, 5.41) is 11.7. The number of allylic oxidation sites excluding steroid dienone is 2.